The lowest BCUT2D eigenvalue weighted by atomic mass is 9.97. The molecule has 4 heteroatoms. The second-order valence-corrected chi connectivity index (χ2v) is 4.57. The third-order valence-electron chi connectivity index (χ3n) is 2.74. The number of halogens is 3. The Labute approximate surface area is 98.6 Å². The van der Waals surface area contributed by atoms with Gasteiger partial charge in [0.25, 0.3) is 0 Å². The highest BCUT2D eigenvalue weighted by Crippen LogP contribution is 2.33. The van der Waals surface area contributed by atoms with E-state index in [2.05, 4.69) is 5.32 Å². The smallest absolute Gasteiger partial charge is 0.148 e. The van der Waals surface area contributed by atoms with Crippen LogP contribution in [0.15, 0.2) is 12.1 Å². The van der Waals surface area contributed by atoms with Gasteiger partial charge in [-0.15, -0.1) is 0 Å². The maximum absolute atomic E-state index is 13.8. The Morgan fingerprint density at radius 3 is 2.60 bits per heavy atom. The maximum Gasteiger partial charge on any atom is 0.148 e. The van der Waals surface area contributed by atoms with Crippen molar-refractivity contribution in [2.24, 2.45) is 0 Å². The van der Waals surface area contributed by atoms with Crippen LogP contribution in [0.3, 0.4) is 0 Å². The standard InChI is InChI=1S/C11H12Cl2FN/c12-7-4-5-8(13)11(14)10(7)9-3-1-2-6-15-9/h4-5,9,15H,1-3,6H2. The number of benzene rings is 1. The highest BCUT2D eigenvalue weighted by molar-refractivity contribution is 6.33. The number of piperidine rings is 1. The van der Waals surface area contributed by atoms with Gasteiger partial charge in [0.2, 0.25) is 0 Å². The van der Waals surface area contributed by atoms with Crippen molar-refractivity contribution in [2.75, 3.05) is 6.54 Å². The second kappa shape index (κ2) is 4.69. The molecule has 0 spiro atoms. The fourth-order valence-electron chi connectivity index (χ4n) is 1.96. The minimum Gasteiger partial charge on any atom is -0.310 e. The summed E-state index contributed by atoms with van der Waals surface area (Å²) >= 11 is 11.7. The molecule has 0 amide bonds. The van der Waals surface area contributed by atoms with Crippen molar-refractivity contribution in [1.29, 1.82) is 0 Å². The molecule has 1 unspecified atom stereocenters. The summed E-state index contributed by atoms with van der Waals surface area (Å²) in [6, 6.07) is 3.15. The molecule has 1 aromatic rings. The minimum absolute atomic E-state index is 0.00458. The molecule has 0 aliphatic carbocycles. The van der Waals surface area contributed by atoms with Gasteiger partial charge in [0.1, 0.15) is 5.82 Å². The van der Waals surface area contributed by atoms with E-state index in [1.807, 2.05) is 0 Å². The predicted molar refractivity (Wildman–Crippen MR) is 61.0 cm³/mol. The van der Waals surface area contributed by atoms with Crippen molar-refractivity contribution < 1.29 is 4.39 Å². The molecule has 1 nitrogen and oxygen atoms in total. The molecular weight excluding hydrogens is 236 g/mol. The van der Waals surface area contributed by atoms with Crippen LogP contribution < -0.4 is 5.32 Å². The van der Waals surface area contributed by atoms with Crippen molar-refractivity contribution >= 4 is 23.2 Å². The maximum atomic E-state index is 13.8. The van der Waals surface area contributed by atoms with E-state index in [1.165, 1.54) is 6.07 Å². The zero-order valence-corrected chi connectivity index (χ0v) is 9.71. The van der Waals surface area contributed by atoms with Crippen LogP contribution in [0.1, 0.15) is 30.9 Å². The Morgan fingerprint density at radius 1 is 1.20 bits per heavy atom. The quantitative estimate of drug-likeness (QED) is 0.742. The van der Waals surface area contributed by atoms with Crippen LogP contribution >= 0.6 is 23.2 Å². The normalized spacial score (nSPS) is 21.7. The first-order valence-corrected chi connectivity index (χ1v) is 5.82. The molecular formula is C11H12Cl2FN. The zero-order valence-electron chi connectivity index (χ0n) is 8.19. The van der Waals surface area contributed by atoms with Crippen LogP contribution in [0.4, 0.5) is 4.39 Å². The minimum atomic E-state index is -0.386. The van der Waals surface area contributed by atoms with Crippen LogP contribution in [0.2, 0.25) is 10.0 Å². The van der Waals surface area contributed by atoms with Gasteiger partial charge in [0.15, 0.2) is 0 Å². The van der Waals surface area contributed by atoms with Crippen LogP contribution in [-0.2, 0) is 0 Å². The Morgan fingerprint density at radius 2 is 1.93 bits per heavy atom. The average Bonchev–Trinajstić information content (AvgIpc) is 2.26. The zero-order chi connectivity index (χ0) is 10.8. The van der Waals surface area contributed by atoms with Crippen molar-refractivity contribution in [2.45, 2.75) is 25.3 Å². The lowest BCUT2D eigenvalue weighted by Gasteiger charge is -2.25. The third kappa shape index (κ3) is 2.27. The summed E-state index contributed by atoms with van der Waals surface area (Å²) in [6.45, 7) is 0.910. The molecule has 1 atom stereocenters. The Hall–Kier alpha value is -0.310. The molecule has 2 rings (SSSR count). The highest BCUT2D eigenvalue weighted by Gasteiger charge is 2.22. The lowest BCUT2D eigenvalue weighted by Crippen LogP contribution is -2.27. The molecule has 0 radical (unpaired) electrons. The molecule has 1 aromatic carbocycles. The van der Waals surface area contributed by atoms with Gasteiger partial charge in [0, 0.05) is 16.6 Å². The van der Waals surface area contributed by atoms with E-state index in [-0.39, 0.29) is 16.9 Å². The molecule has 1 fully saturated rings. The first-order chi connectivity index (χ1) is 7.20. The van der Waals surface area contributed by atoms with Gasteiger partial charge in [-0.3, -0.25) is 0 Å². The van der Waals surface area contributed by atoms with Crippen molar-refractivity contribution in [3.63, 3.8) is 0 Å². The third-order valence-corrected chi connectivity index (χ3v) is 3.36. The van der Waals surface area contributed by atoms with Gasteiger partial charge in [-0.05, 0) is 31.5 Å². The van der Waals surface area contributed by atoms with Gasteiger partial charge in [0.05, 0.1) is 5.02 Å². The molecule has 1 saturated heterocycles. The Balaban J connectivity index is 2.36. The summed E-state index contributed by atoms with van der Waals surface area (Å²) in [6.07, 6.45) is 3.15. The molecule has 0 aromatic heterocycles. The molecule has 15 heavy (non-hydrogen) atoms. The van der Waals surface area contributed by atoms with Crippen LogP contribution in [0.25, 0.3) is 0 Å². The highest BCUT2D eigenvalue weighted by atomic mass is 35.5. The molecule has 1 N–H and O–H groups in total. The molecule has 82 valence electrons. The van der Waals surface area contributed by atoms with E-state index in [1.54, 1.807) is 6.07 Å². The van der Waals surface area contributed by atoms with Gasteiger partial charge in [-0.2, -0.15) is 0 Å². The number of hydrogen-bond acceptors (Lipinski definition) is 1. The summed E-state index contributed by atoms with van der Waals surface area (Å²) in [7, 11) is 0. The monoisotopic (exact) mass is 247 g/mol. The summed E-state index contributed by atoms with van der Waals surface area (Å²) < 4.78 is 13.8. The summed E-state index contributed by atoms with van der Waals surface area (Å²) in [5.41, 5.74) is 0.517. The van der Waals surface area contributed by atoms with Crippen molar-refractivity contribution in [3.05, 3.63) is 33.6 Å². The van der Waals surface area contributed by atoms with E-state index >= 15 is 0 Å². The SMILES string of the molecule is Fc1c(Cl)ccc(Cl)c1C1CCCCN1. The van der Waals surface area contributed by atoms with Gasteiger partial charge in [-0.1, -0.05) is 29.6 Å². The second-order valence-electron chi connectivity index (χ2n) is 3.76. The summed E-state index contributed by atoms with van der Waals surface area (Å²) in [4.78, 5) is 0. The average molecular weight is 248 g/mol. The lowest BCUT2D eigenvalue weighted by molar-refractivity contribution is 0.400. The van der Waals surface area contributed by atoms with Gasteiger partial charge >= 0.3 is 0 Å². The predicted octanol–water partition coefficient (Wildman–Crippen LogP) is 3.95. The topological polar surface area (TPSA) is 12.0 Å². The summed E-state index contributed by atoms with van der Waals surface area (Å²) in [5.74, 6) is -0.386. The van der Waals surface area contributed by atoms with E-state index < -0.39 is 0 Å². The van der Waals surface area contributed by atoms with Crippen LogP contribution in [0.5, 0.6) is 0 Å². The first kappa shape index (κ1) is 11.2. The van der Waals surface area contributed by atoms with Crippen LogP contribution in [-0.4, -0.2) is 6.54 Å². The largest absolute Gasteiger partial charge is 0.310 e. The number of nitrogens with one attached hydrogen (secondary N) is 1. The van der Waals surface area contributed by atoms with Crippen molar-refractivity contribution in [1.82, 2.24) is 5.32 Å². The molecule has 1 heterocycles. The fourth-order valence-corrected chi connectivity index (χ4v) is 2.40. The van der Waals surface area contributed by atoms with E-state index in [0.29, 0.717) is 10.6 Å². The fraction of sp³-hybridized carbons (Fsp3) is 0.455. The molecule has 0 saturated carbocycles. The molecule has 1 aliphatic heterocycles. The summed E-state index contributed by atoms with van der Waals surface area (Å²) in [5, 5.41) is 3.86. The number of hydrogen-bond donors (Lipinski definition) is 1. The van der Waals surface area contributed by atoms with E-state index in [4.69, 9.17) is 23.2 Å². The van der Waals surface area contributed by atoms with Gasteiger partial charge < -0.3 is 5.32 Å². The number of rotatable bonds is 1. The van der Waals surface area contributed by atoms with Gasteiger partial charge in [-0.25, -0.2) is 4.39 Å². The molecule has 1 aliphatic rings. The van der Waals surface area contributed by atoms with Crippen molar-refractivity contribution in [3.8, 4) is 0 Å². The van der Waals surface area contributed by atoms with Crippen LogP contribution in [0, 0.1) is 5.82 Å². The Bertz CT molecular complexity index is 362. The Kier molecular flexibility index (Phi) is 3.49. The van der Waals surface area contributed by atoms with E-state index in [9.17, 15) is 4.39 Å². The van der Waals surface area contributed by atoms with E-state index in [0.717, 1.165) is 25.8 Å². The first-order valence-electron chi connectivity index (χ1n) is 5.07. The molecule has 0 bridgehead atoms.